The van der Waals surface area contributed by atoms with Crippen LogP contribution in [0, 0.1) is 5.92 Å². The molecule has 3 N–H and O–H groups in total. The maximum atomic E-state index is 6.06. The van der Waals surface area contributed by atoms with Crippen LogP contribution in [0.25, 0.3) is 0 Å². The van der Waals surface area contributed by atoms with Gasteiger partial charge in [-0.25, -0.2) is 4.98 Å². The van der Waals surface area contributed by atoms with Crippen LogP contribution >= 0.6 is 0 Å². The molecule has 2 atom stereocenters. The molecule has 0 aromatic carbocycles. The van der Waals surface area contributed by atoms with Gasteiger partial charge < -0.3 is 20.0 Å². The van der Waals surface area contributed by atoms with Gasteiger partial charge in [0.2, 0.25) is 11.7 Å². The van der Waals surface area contributed by atoms with E-state index in [1.165, 1.54) is 0 Å². The SMILES string of the molecule is CCOC(c1noc([C@@H](N)Cc2cnc[nH]2)n1)C(C)C. The van der Waals surface area contributed by atoms with E-state index in [0.717, 1.165) is 5.69 Å². The van der Waals surface area contributed by atoms with Crippen LogP contribution in [0.4, 0.5) is 0 Å². The van der Waals surface area contributed by atoms with Crippen molar-refractivity contribution in [1.82, 2.24) is 20.1 Å². The third kappa shape index (κ3) is 3.43. The first-order chi connectivity index (χ1) is 9.61. The molecule has 0 radical (unpaired) electrons. The highest BCUT2D eigenvalue weighted by Gasteiger charge is 2.24. The summed E-state index contributed by atoms with van der Waals surface area (Å²) in [4.78, 5) is 11.3. The highest BCUT2D eigenvalue weighted by atomic mass is 16.5. The number of hydrogen-bond donors (Lipinski definition) is 2. The van der Waals surface area contributed by atoms with Gasteiger partial charge in [-0.1, -0.05) is 19.0 Å². The first-order valence-electron chi connectivity index (χ1n) is 6.79. The summed E-state index contributed by atoms with van der Waals surface area (Å²) in [5.74, 6) is 1.24. The van der Waals surface area contributed by atoms with Crippen LogP contribution in [0.1, 0.15) is 50.3 Å². The molecule has 0 saturated heterocycles. The fraction of sp³-hybridized carbons (Fsp3) is 0.615. The molecule has 0 saturated carbocycles. The summed E-state index contributed by atoms with van der Waals surface area (Å²) in [6.07, 6.45) is 3.75. The van der Waals surface area contributed by atoms with Gasteiger partial charge in [-0.3, -0.25) is 0 Å². The Morgan fingerprint density at radius 2 is 2.25 bits per heavy atom. The van der Waals surface area contributed by atoms with E-state index < -0.39 is 0 Å². The zero-order chi connectivity index (χ0) is 14.5. The van der Waals surface area contributed by atoms with Gasteiger partial charge >= 0.3 is 0 Å². The van der Waals surface area contributed by atoms with Crippen molar-refractivity contribution in [3.05, 3.63) is 29.9 Å². The first kappa shape index (κ1) is 14.7. The average Bonchev–Trinajstić information content (AvgIpc) is 3.06. The summed E-state index contributed by atoms with van der Waals surface area (Å²) in [5.41, 5.74) is 7.00. The molecule has 7 heteroatoms. The van der Waals surface area contributed by atoms with Crippen molar-refractivity contribution in [2.24, 2.45) is 11.7 Å². The number of aromatic amines is 1. The summed E-state index contributed by atoms with van der Waals surface area (Å²) >= 11 is 0. The molecule has 0 bridgehead atoms. The summed E-state index contributed by atoms with van der Waals surface area (Å²) in [7, 11) is 0. The molecule has 110 valence electrons. The fourth-order valence-corrected chi connectivity index (χ4v) is 1.98. The normalized spacial score (nSPS) is 14.7. The number of nitrogens with zero attached hydrogens (tertiary/aromatic N) is 3. The van der Waals surface area contributed by atoms with Crippen LogP contribution in [-0.4, -0.2) is 26.7 Å². The van der Waals surface area contributed by atoms with E-state index in [1.54, 1.807) is 12.5 Å². The zero-order valence-corrected chi connectivity index (χ0v) is 12.0. The highest BCUT2D eigenvalue weighted by molar-refractivity contribution is 5.03. The number of rotatable bonds is 7. The molecular weight excluding hydrogens is 258 g/mol. The molecule has 0 fully saturated rings. The summed E-state index contributed by atoms with van der Waals surface area (Å²) in [6.45, 7) is 6.66. The van der Waals surface area contributed by atoms with E-state index in [9.17, 15) is 0 Å². The van der Waals surface area contributed by atoms with Gasteiger partial charge in [0.1, 0.15) is 6.10 Å². The summed E-state index contributed by atoms with van der Waals surface area (Å²) in [6, 6.07) is -0.355. The number of H-pyrrole nitrogens is 1. The van der Waals surface area contributed by atoms with Crippen molar-refractivity contribution in [2.45, 2.75) is 39.3 Å². The molecule has 0 spiro atoms. The van der Waals surface area contributed by atoms with Crippen molar-refractivity contribution >= 4 is 0 Å². The molecule has 2 aromatic rings. The lowest BCUT2D eigenvalue weighted by Crippen LogP contribution is -2.16. The number of ether oxygens (including phenoxy) is 1. The van der Waals surface area contributed by atoms with Gasteiger partial charge in [-0.15, -0.1) is 0 Å². The minimum Gasteiger partial charge on any atom is -0.370 e. The lowest BCUT2D eigenvalue weighted by molar-refractivity contribution is 0.0217. The Kier molecular flexibility index (Phi) is 4.86. The Labute approximate surface area is 117 Å². The lowest BCUT2D eigenvalue weighted by atomic mass is 10.1. The molecular formula is C13H21N5O2. The number of hydrogen-bond acceptors (Lipinski definition) is 6. The van der Waals surface area contributed by atoms with Crippen LogP contribution < -0.4 is 5.73 Å². The van der Waals surface area contributed by atoms with E-state index in [2.05, 4.69) is 34.0 Å². The second-order valence-corrected chi connectivity index (χ2v) is 5.00. The monoisotopic (exact) mass is 279 g/mol. The number of aromatic nitrogens is 4. The van der Waals surface area contributed by atoms with Crippen molar-refractivity contribution in [3.63, 3.8) is 0 Å². The molecule has 7 nitrogen and oxygen atoms in total. The smallest absolute Gasteiger partial charge is 0.244 e. The van der Waals surface area contributed by atoms with Crippen molar-refractivity contribution in [1.29, 1.82) is 0 Å². The Morgan fingerprint density at radius 1 is 1.45 bits per heavy atom. The molecule has 2 aromatic heterocycles. The maximum Gasteiger partial charge on any atom is 0.244 e. The Morgan fingerprint density at radius 3 is 2.85 bits per heavy atom. The zero-order valence-electron chi connectivity index (χ0n) is 12.0. The van der Waals surface area contributed by atoms with Crippen molar-refractivity contribution in [2.75, 3.05) is 6.61 Å². The molecule has 2 heterocycles. The van der Waals surface area contributed by atoms with E-state index >= 15 is 0 Å². The Bertz CT molecular complexity index is 509. The van der Waals surface area contributed by atoms with Crippen LogP contribution in [0.3, 0.4) is 0 Å². The van der Waals surface area contributed by atoms with Crippen LogP contribution in [0.5, 0.6) is 0 Å². The maximum absolute atomic E-state index is 6.06. The molecule has 0 amide bonds. The predicted molar refractivity (Wildman–Crippen MR) is 72.7 cm³/mol. The van der Waals surface area contributed by atoms with Gasteiger partial charge in [-0.2, -0.15) is 4.98 Å². The number of imidazole rings is 1. The van der Waals surface area contributed by atoms with E-state index in [4.69, 9.17) is 15.0 Å². The molecule has 0 aliphatic heterocycles. The second kappa shape index (κ2) is 6.62. The number of nitrogens with one attached hydrogen (secondary N) is 1. The molecule has 0 aliphatic carbocycles. The van der Waals surface area contributed by atoms with Crippen molar-refractivity contribution in [3.8, 4) is 0 Å². The van der Waals surface area contributed by atoms with Gasteiger partial charge in [0.25, 0.3) is 0 Å². The topological polar surface area (TPSA) is 103 Å². The van der Waals surface area contributed by atoms with Crippen molar-refractivity contribution < 1.29 is 9.26 Å². The molecule has 2 rings (SSSR count). The minimum atomic E-state index is -0.355. The fourth-order valence-electron chi connectivity index (χ4n) is 1.98. The van der Waals surface area contributed by atoms with E-state index in [0.29, 0.717) is 24.7 Å². The quantitative estimate of drug-likeness (QED) is 0.800. The predicted octanol–water partition coefficient (Wildman–Crippen LogP) is 1.77. The second-order valence-electron chi connectivity index (χ2n) is 5.00. The highest BCUT2D eigenvalue weighted by Crippen LogP contribution is 2.24. The molecule has 1 unspecified atom stereocenters. The van der Waals surface area contributed by atoms with Crippen LogP contribution in [0.15, 0.2) is 17.0 Å². The van der Waals surface area contributed by atoms with Crippen LogP contribution in [-0.2, 0) is 11.2 Å². The Hall–Kier alpha value is -1.73. The third-order valence-electron chi connectivity index (χ3n) is 2.98. The lowest BCUT2D eigenvalue weighted by Gasteiger charge is -2.16. The molecule has 20 heavy (non-hydrogen) atoms. The van der Waals surface area contributed by atoms with E-state index in [1.807, 2.05) is 6.92 Å². The molecule has 0 aliphatic rings. The third-order valence-corrected chi connectivity index (χ3v) is 2.98. The average molecular weight is 279 g/mol. The first-order valence-corrected chi connectivity index (χ1v) is 6.79. The minimum absolute atomic E-state index is 0.170. The van der Waals surface area contributed by atoms with Gasteiger partial charge in [-0.05, 0) is 12.8 Å². The number of nitrogens with two attached hydrogens (primary N) is 1. The Balaban J connectivity index is 2.07. The van der Waals surface area contributed by atoms with E-state index in [-0.39, 0.29) is 18.1 Å². The van der Waals surface area contributed by atoms with Crippen LogP contribution in [0.2, 0.25) is 0 Å². The van der Waals surface area contributed by atoms with Gasteiger partial charge in [0, 0.05) is 24.9 Å². The van der Waals surface area contributed by atoms with Gasteiger partial charge in [0.15, 0.2) is 0 Å². The summed E-state index contributed by atoms with van der Waals surface area (Å²) in [5, 5.41) is 3.99. The largest absolute Gasteiger partial charge is 0.370 e. The standard InChI is InChI=1S/C13H21N5O2/c1-4-19-11(8(2)3)12-17-13(20-18-12)10(14)5-9-6-15-7-16-9/h6-8,10-11H,4-5,14H2,1-3H3,(H,15,16)/t10-,11?/m0/s1. The summed E-state index contributed by atoms with van der Waals surface area (Å²) < 4.78 is 10.9. The van der Waals surface area contributed by atoms with Gasteiger partial charge in [0.05, 0.1) is 12.4 Å².